The standard InChI is InChI=1S/C19H21Cl2N9O2/c20-13-7-5-6-12(15(13)21)10-23-25-19(31)16-14(11-29-8-3-1-2-4-9-29)30(28-24-16)18-17(22)26-32-27-18/h5-7,10H,1-4,8-9,11H2,(H2,22,26)(H,25,31)/p+1. The SMILES string of the molecule is Nc1nonc1-n1nnc(C(=O)NN=Cc2cccc(Cl)c2Cl)c1C[NH+]1CCCCCC1. The Morgan fingerprint density at radius 3 is 2.75 bits per heavy atom. The van der Waals surface area contributed by atoms with Gasteiger partial charge in [-0.1, -0.05) is 40.5 Å². The van der Waals surface area contributed by atoms with Crippen LogP contribution in [-0.4, -0.2) is 50.5 Å². The van der Waals surface area contributed by atoms with Gasteiger partial charge in [0.25, 0.3) is 5.91 Å². The van der Waals surface area contributed by atoms with Crippen LogP contribution in [0.3, 0.4) is 0 Å². The number of nitrogen functional groups attached to an aromatic ring is 1. The second-order valence-corrected chi connectivity index (χ2v) is 8.24. The Bertz CT molecular complexity index is 1120. The smallest absolute Gasteiger partial charge is 0.294 e. The van der Waals surface area contributed by atoms with Gasteiger partial charge in [0, 0.05) is 5.56 Å². The van der Waals surface area contributed by atoms with Crippen LogP contribution in [-0.2, 0) is 6.54 Å². The molecular formula is C19H22Cl2N9O2+. The van der Waals surface area contributed by atoms with E-state index in [-0.39, 0.29) is 17.3 Å². The number of nitrogens with two attached hydrogens (primary N) is 1. The fourth-order valence-electron chi connectivity index (χ4n) is 3.62. The quantitative estimate of drug-likeness (QED) is 0.357. The summed E-state index contributed by atoms with van der Waals surface area (Å²) < 4.78 is 6.10. The van der Waals surface area contributed by atoms with Gasteiger partial charge in [0.2, 0.25) is 11.6 Å². The summed E-state index contributed by atoms with van der Waals surface area (Å²) in [4.78, 5) is 14.2. The molecule has 3 aromatic rings. The van der Waals surface area contributed by atoms with Crippen LogP contribution < -0.4 is 16.1 Å². The summed E-state index contributed by atoms with van der Waals surface area (Å²) in [6.07, 6.45) is 6.06. The van der Waals surface area contributed by atoms with Crippen LogP contribution in [0.1, 0.15) is 47.4 Å². The summed E-state index contributed by atoms with van der Waals surface area (Å²) >= 11 is 12.2. The number of carbonyl (C=O) groups is 1. The Hall–Kier alpha value is -3.02. The van der Waals surface area contributed by atoms with E-state index >= 15 is 0 Å². The highest BCUT2D eigenvalue weighted by Crippen LogP contribution is 2.24. The molecule has 168 valence electrons. The van der Waals surface area contributed by atoms with E-state index in [2.05, 4.69) is 31.2 Å². The third-order valence-corrected chi connectivity index (χ3v) is 6.09. The minimum Gasteiger partial charge on any atom is -0.378 e. The lowest BCUT2D eigenvalue weighted by Gasteiger charge is -2.17. The van der Waals surface area contributed by atoms with E-state index < -0.39 is 5.91 Å². The highest BCUT2D eigenvalue weighted by Gasteiger charge is 2.27. The zero-order valence-electron chi connectivity index (χ0n) is 17.1. The molecule has 1 saturated heterocycles. The van der Waals surface area contributed by atoms with Crippen molar-refractivity contribution in [1.82, 2.24) is 30.7 Å². The van der Waals surface area contributed by atoms with Crippen LogP contribution >= 0.6 is 23.2 Å². The third-order valence-electron chi connectivity index (χ3n) is 5.25. The number of carbonyl (C=O) groups excluding carboxylic acids is 1. The predicted octanol–water partition coefficient (Wildman–Crippen LogP) is 1.26. The van der Waals surface area contributed by atoms with Crippen LogP contribution in [0, 0.1) is 0 Å². The van der Waals surface area contributed by atoms with Crippen molar-refractivity contribution in [1.29, 1.82) is 0 Å². The van der Waals surface area contributed by atoms with E-state index in [1.54, 1.807) is 18.2 Å². The number of nitrogens with one attached hydrogen (secondary N) is 2. The average molecular weight is 479 g/mol. The maximum absolute atomic E-state index is 12.9. The molecule has 0 saturated carbocycles. The number of hydrazone groups is 1. The molecule has 0 unspecified atom stereocenters. The molecule has 1 fully saturated rings. The van der Waals surface area contributed by atoms with E-state index in [9.17, 15) is 4.79 Å². The van der Waals surface area contributed by atoms with Crippen LogP contribution in [0.15, 0.2) is 27.9 Å². The number of benzene rings is 1. The lowest BCUT2D eigenvalue weighted by atomic mass is 10.2. The fourth-order valence-corrected chi connectivity index (χ4v) is 3.98. The lowest BCUT2D eigenvalue weighted by molar-refractivity contribution is -0.913. The van der Waals surface area contributed by atoms with Crippen LogP contribution in [0.25, 0.3) is 5.82 Å². The number of rotatable bonds is 6. The molecule has 32 heavy (non-hydrogen) atoms. The summed E-state index contributed by atoms with van der Waals surface area (Å²) in [5.74, 6) is -0.275. The molecule has 0 radical (unpaired) electrons. The fraction of sp³-hybridized carbons (Fsp3) is 0.368. The van der Waals surface area contributed by atoms with Crippen molar-refractivity contribution >= 4 is 41.1 Å². The first-order chi connectivity index (χ1) is 15.5. The second-order valence-electron chi connectivity index (χ2n) is 7.45. The molecule has 11 nitrogen and oxygen atoms in total. The van der Waals surface area contributed by atoms with Gasteiger partial charge in [-0.3, -0.25) is 4.79 Å². The zero-order chi connectivity index (χ0) is 22.5. The highest BCUT2D eigenvalue weighted by atomic mass is 35.5. The third kappa shape index (κ3) is 4.90. The Morgan fingerprint density at radius 2 is 2.03 bits per heavy atom. The molecule has 0 bridgehead atoms. The van der Waals surface area contributed by atoms with Crippen LogP contribution in [0.4, 0.5) is 5.82 Å². The van der Waals surface area contributed by atoms with Gasteiger partial charge in [0.05, 0.1) is 29.3 Å². The van der Waals surface area contributed by atoms with Crippen LogP contribution in [0.2, 0.25) is 10.0 Å². The van der Waals surface area contributed by atoms with Gasteiger partial charge < -0.3 is 10.6 Å². The second kappa shape index (κ2) is 10.1. The minimum atomic E-state index is -0.523. The van der Waals surface area contributed by atoms with Crippen LogP contribution in [0.5, 0.6) is 0 Å². The maximum Gasteiger partial charge on any atom is 0.294 e. The van der Waals surface area contributed by atoms with E-state index in [0.717, 1.165) is 25.9 Å². The van der Waals surface area contributed by atoms with Gasteiger partial charge in [-0.2, -0.15) is 9.78 Å². The molecule has 1 aliphatic heterocycles. The number of hydrogen-bond acceptors (Lipinski definition) is 8. The number of nitrogens with zero attached hydrogens (tertiary/aromatic N) is 6. The van der Waals surface area contributed by atoms with Crippen molar-refractivity contribution in [2.24, 2.45) is 5.10 Å². The summed E-state index contributed by atoms with van der Waals surface area (Å²) in [6.45, 7) is 2.50. The highest BCUT2D eigenvalue weighted by molar-refractivity contribution is 6.43. The molecule has 13 heteroatoms. The number of hydrogen-bond donors (Lipinski definition) is 3. The summed E-state index contributed by atoms with van der Waals surface area (Å²) in [6, 6.07) is 5.13. The topological polar surface area (TPSA) is 142 Å². The molecule has 4 rings (SSSR count). The zero-order valence-corrected chi connectivity index (χ0v) is 18.6. The van der Waals surface area contributed by atoms with Gasteiger partial charge in [0.1, 0.15) is 12.2 Å². The Morgan fingerprint density at radius 1 is 1.25 bits per heavy atom. The number of quaternary nitrogens is 1. The molecule has 3 heterocycles. The van der Waals surface area contributed by atoms with Gasteiger partial charge in [-0.25, -0.2) is 10.1 Å². The molecule has 2 aromatic heterocycles. The molecule has 1 aromatic carbocycles. The van der Waals surface area contributed by atoms with Crippen molar-refractivity contribution in [2.75, 3.05) is 18.8 Å². The van der Waals surface area contributed by atoms with Gasteiger partial charge in [-0.05, 0) is 42.1 Å². The molecule has 4 N–H and O–H groups in total. The molecular weight excluding hydrogens is 457 g/mol. The molecule has 0 atom stereocenters. The number of anilines is 1. The molecule has 0 aliphatic carbocycles. The summed E-state index contributed by atoms with van der Waals surface area (Å²) in [7, 11) is 0. The van der Waals surface area contributed by atoms with Crippen molar-refractivity contribution in [3.05, 3.63) is 45.2 Å². The number of halogens is 2. The first kappa shape index (κ1) is 22.2. The Balaban J connectivity index is 1.58. The molecule has 0 spiro atoms. The predicted molar refractivity (Wildman–Crippen MR) is 118 cm³/mol. The first-order valence-corrected chi connectivity index (χ1v) is 10.9. The number of aromatic nitrogens is 5. The van der Waals surface area contributed by atoms with Crippen molar-refractivity contribution in [3.63, 3.8) is 0 Å². The maximum atomic E-state index is 12.9. The summed E-state index contributed by atoms with van der Waals surface area (Å²) in [5, 5.41) is 20.3. The number of likely N-dealkylation sites (tertiary alicyclic amines) is 1. The minimum absolute atomic E-state index is 0.0580. The van der Waals surface area contributed by atoms with E-state index in [0.29, 0.717) is 27.8 Å². The molecule has 1 aliphatic rings. The van der Waals surface area contributed by atoms with Crippen molar-refractivity contribution in [2.45, 2.75) is 32.2 Å². The average Bonchev–Trinajstić information content (AvgIpc) is 3.28. The lowest BCUT2D eigenvalue weighted by Crippen LogP contribution is -3.10. The Labute approximate surface area is 193 Å². The molecule has 1 amide bonds. The van der Waals surface area contributed by atoms with E-state index in [4.69, 9.17) is 33.6 Å². The van der Waals surface area contributed by atoms with Gasteiger partial charge >= 0.3 is 0 Å². The Kier molecular flexibility index (Phi) is 6.98. The van der Waals surface area contributed by atoms with Gasteiger partial charge in [0.15, 0.2) is 5.69 Å². The first-order valence-electron chi connectivity index (χ1n) is 10.2. The van der Waals surface area contributed by atoms with E-state index in [1.807, 2.05) is 0 Å². The van der Waals surface area contributed by atoms with Gasteiger partial charge in [-0.15, -0.1) is 5.10 Å². The van der Waals surface area contributed by atoms with Crippen molar-refractivity contribution < 1.29 is 14.3 Å². The van der Waals surface area contributed by atoms with E-state index in [1.165, 1.54) is 28.6 Å². The monoisotopic (exact) mass is 478 g/mol. The summed E-state index contributed by atoms with van der Waals surface area (Å²) in [5.41, 5.74) is 9.56. The normalized spacial score (nSPS) is 15.2. The van der Waals surface area contributed by atoms with Crippen molar-refractivity contribution in [3.8, 4) is 5.82 Å². The largest absolute Gasteiger partial charge is 0.378 e. The number of amides is 1.